The molecule has 0 unspecified atom stereocenters. The van der Waals surface area contributed by atoms with E-state index in [0.717, 1.165) is 10.6 Å². The Bertz CT molecular complexity index is 1700. The first-order valence-electron chi connectivity index (χ1n) is 13.2. The van der Waals surface area contributed by atoms with Crippen LogP contribution in [0.2, 0.25) is 0 Å². The summed E-state index contributed by atoms with van der Waals surface area (Å²) in [5.41, 5.74) is 4.29. The molecule has 0 fully saturated rings. The lowest BCUT2D eigenvalue weighted by Crippen LogP contribution is -2.46. The summed E-state index contributed by atoms with van der Waals surface area (Å²) < 4.78 is 45.7. The summed E-state index contributed by atoms with van der Waals surface area (Å²) in [7, 11) is 0. The fourth-order valence-electron chi connectivity index (χ4n) is 4.28. The fourth-order valence-corrected chi connectivity index (χ4v) is 4.28. The van der Waals surface area contributed by atoms with Gasteiger partial charge < -0.3 is 15.5 Å². The summed E-state index contributed by atoms with van der Waals surface area (Å²) in [4.78, 5) is 48.0. The van der Waals surface area contributed by atoms with Crippen molar-refractivity contribution >= 4 is 17.4 Å². The van der Waals surface area contributed by atoms with Crippen molar-refractivity contribution in [3.63, 3.8) is 0 Å². The maximum absolute atomic E-state index is 13.4. The molecule has 4 rings (SSSR count). The molecule has 1 aromatic carbocycles. The van der Waals surface area contributed by atoms with Crippen molar-refractivity contribution in [2.45, 2.75) is 58.8 Å². The number of Topliss-reactive ketones (excluding diaryl/α,β-unsaturated/α-hetero) is 1. The van der Waals surface area contributed by atoms with Crippen LogP contribution in [0, 0.1) is 12.8 Å². The monoisotopic (exact) mass is 597 g/mol. The lowest BCUT2D eigenvalue weighted by molar-refractivity contribution is -0.137. The summed E-state index contributed by atoms with van der Waals surface area (Å²) in [6.07, 6.45) is -3.84. The van der Waals surface area contributed by atoms with Crippen molar-refractivity contribution in [3.05, 3.63) is 87.7 Å². The second-order valence-corrected chi connectivity index (χ2v) is 10.8. The lowest BCUT2D eigenvalue weighted by atomic mass is 9.88. The Balaban J connectivity index is 1.56. The highest BCUT2D eigenvalue weighted by molar-refractivity contribution is 5.98. The minimum absolute atomic E-state index is 0.0581. The fraction of sp³-hybridized carbons (Fsp3) is 0.345. The normalized spacial score (nSPS) is 12.8. The number of carbonyl (C=O) groups is 2. The van der Waals surface area contributed by atoms with E-state index in [9.17, 15) is 27.6 Å². The predicted molar refractivity (Wildman–Crippen MR) is 150 cm³/mol. The highest BCUT2D eigenvalue weighted by Crippen LogP contribution is 2.33. The Morgan fingerprint density at radius 2 is 1.74 bits per heavy atom. The molecule has 4 aromatic rings. The van der Waals surface area contributed by atoms with Gasteiger partial charge in [0, 0.05) is 11.8 Å². The number of nitrogens with two attached hydrogens (primary N) is 1. The number of nitrogens with zero attached hydrogens (tertiary/aromatic N) is 5. The molecule has 0 aliphatic heterocycles. The Hall–Kier alpha value is -4.88. The van der Waals surface area contributed by atoms with E-state index < -0.39 is 58.8 Å². The van der Waals surface area contributed by atoms with Crippen LogP contribution in [0.25, 0.3) is 11.4 Å². The Morgan fingerprint density at radius 1 is 1.07 bits per heavy atom. The number of nitrogen functional groups attached to an aromatic ring is 1. The van der Waals surface area contributed by atoms with Crippen LogP contribution in [-0.4, -0.2) is 42.5 Å². The third-order valence-electron chi connectivity index (χ3n) is 6.90. The number of hydrogen-bond donors (Lipinski definition) is 2. The van der Waals surface area contributed by atoms with Crippen LogP contribution in [0.4, 0.5) is 18.9 Å². The number of carbonyl (C=O) groups excluding carboxylic acids is 2. The zero-order valence-corrected chi connectivity index (χ0v) is 24.1. The number of anilines is 1. The second-order valence-electron chi connectivity index (χ2n) is 10.8. The number of halogens is 3. The molecule has 3 aromatic heterocycles. The summed E-state index contributed by atoms with van der Waals surface area (Å²) >= 11 is 0. The van der Waals surface area contributed by atoms with E-state index in [1.165, 1.54) is 6.07 Å². The standard InChI is InChI=1S/C29H30F3N7O4/c1-15(2)22(36-20(40)14-39-24(17-9-7-6-8-10-17)35-16(3)21(33)26(39)42)23(41)25-37-38-27(43-25)28(4,5)19-12-11-18(13-34-19)29(30,31)32/h6-13,15,22H,14,33H2,1-5H3,(H,36,40)/t22-/m1/s1. The third kappa shape index (κ3) is 6.47. The van der Waals surface area contributed by atoms with Gasteiger partial charge in [-0.3, -0.25) is 23.9 Å². The van der Waals surface area contributed by atoms with Crippen molar-refractivity contribution in [1.29, 1.82) is 0 Å². The Morgan fingerprint density at radius 3 is 2.33 bits per heavy atom. The molecular weight excluding hydrogens is 567 g/mol. The zero-order valence-electron chi connectivity index (χ0n) is 24.1. The Kier molecular flexibility index (Phi) is 8.51. The molecule has 11 nitrogen and oxygen atoms in total. The topological polar surface area (TPSA) is 159 Å². The van der Waals surface area contributed by atoms with E-state index in [1.807, 2.05) is 0 Å². The molecule has 43 heavy (non-hydrogen) atoms. The van der Waals surface area contributed by atoms with Crippen molar-refractivity contribution in [2.24, 2.45) is 5.92 Å². The molecule has 1 amide bonds. The maximum Gasteiger partial charge on any atom is 0.417 e. The van der Waals surface area contributed by atoms with Gasteiger partial charge in [-0.1, -0.05) is 44.2 Å². The number of rotatable bonds is 9. The number of pyridine rings is 1. The average molecular weight is 598 g/mol. The smallest absolute Gasteiger partial charge is 0.417 e. The summed E-state index contributed by atoms with van der Waals surface area (Å²) in [5, 5.41) is 10.4. The van der Waals surface area contributed by atoms with Crippen LogP contribution in [0.1, 0.15) is 61.2 Å². The minimum atomic E-state index is -4.55. The van der Waals surface area contributed by atoms with Gasteiger partial charge in [-0.2, -0.15) is 13.2 Å². The van der Waals surface area contributed by atoms with E-state index >= 15 is 0 Å². The van der Waals surface area contributed by atoms with E-state index in [0.29, 0.717) is 17.5 Å². The largest absolute Gasteiger partial charge is 0.417 e. The highest BCUT2D eigenvalue weighted by atomic mass is 19.4. The molecule has 3 heterocycles. The van der Waals surface area contributed by atoms with E-state index in [4.69, 9.17) is 10.2 Å². The molecule has 0 aliphatic rings. The molecule has 14 heteroatoms. The first-order valence-corrected chi connectivity index (χ1v) is 13.2. The van der Waals surface area contributed by atoms with E-state index in [2.05, 4.69) is 25.5 Å². The number of alkyl halides is 3. The number of benzene rings is 1. The van der Waals surface area contributed by atoms with Crippen LogP contribution < -0.4 is 16.6 Å². The number of ketones is 1. The van der Waals surface area contributed by atoms with Gasteiger partial charge in [0.15, 0.2) is 0 Å². The van der Waals surface area contributed by atoms with Crippen molar-refractivity contribution in [1.82, 2.24) is 30.0 Å². The molecule has 226 valence electrons. The van der Waals surface area contributed by atoms with Gasteiger partial charge in [-0.05, 0) is 38.8 Å². The number of amides is 1. The number of aryl methyl sites for hydroxylation is 1. The van der Waals surface area contributed by atoms with Crippen LogP contribution in [0.15, 0.2) is 57.9 Å². The number of hydrogen-bond acceptors (Lipinski definition) is 9. The molecule has 3 N–H and O–H groups in total. The van der Waals surface area contributed by atoms with Crippen molar-refractivity contribution < 1.29 is 27.2 Å². The molecular formula is C29H30F3N7O4. The molecule has 1 atom stereocenters. The quantitative estimate of drug-likeness (QED) is 0.273. The highest BCUT2D eigenvalue weighted by Gasteiger charge is 2.36. The van der Waals surface area contributed by atoms with Gasteiger partial charge in [0.1, 0.15) is 18.1 Å². The van der Waals surface area contributed by atoms with Gasteiger partial charge >= 0.3 is 6.18 Å². The molecule has 0 aliphatic carbocycles. The SMILES string of the molecule is Cc1nc(-c2ccccc2)n(CC(=O)N[C@@H](C(=O)c2nnc(C(C)(C)c3ccc(C(F)(F)F)cn3)o2)C(C)C)c(=O)c1N. The zero-order chi connectivity index (χ0) is 31.7. The number of nitrogens with one attached hydrogen (secondary N) is 1. The maximum atomic E-state index is 13.4. The van der Waals surface area contributed by atoms with Crippen LogP contribution >= 0.6 is 0 Å². The van der Waals surface area contributed by atoms with Crippen LogP contribution in [-0.2, 0) is 22.9 Å². The average Bonchev–Trinajstić information content (AvgIpc) is 3.47. The lowest BCUT2D eigenvalue weighted by Gasteiger charge is -2.21. The first kappa shape index (κ1) is 31.1. The molecule has 0 saturated heterocycles. The minimum Gasteiger partial charge on any atom is -0.417 e. The Labute approximate surface area is 244 Å². The van der Waals surface area contributed by atoms with Gasteiger partial charge in [-0.25, -0.2) is 4.98 Å². The summed E-state index contributed by atoms with van der Waals surface area (Å²) in [5.74, 6) is -2.00. The second kappa shape index (κ2) is 11.8. The molecule has 0 radical (unpaired) electrons. The summed E-state index contributed by atoms with van der Waals surface area (Å²) in [6, 6.07) is 9.78. The third-order valence-corrected chi connectivity index (χ3v) is 6.90. The van der Waals surface area contributed by atoms with Gasteiger partial charge in [0.25, 0.3) is 11.4 Å². The number of aromatic nitrogens is 5. The van der Waals surface area contributed by atoms with Gasteiger partial charge in [-0.15, -0.1) is 10.2 Å². The molecule has 0 saturated carbocycles. The van der Waals surface area contributed by atoms with Crippen LogP contribution in [0.5, 0.6) is 0 Å². The van der Waals surface area contributed by atoms with E-state index in [1.54, 1.807) is 65.0 Å². The van der Waals surface area contributed by atoms with E-state index in [-0.39, 0.29) is 23.1 Å². The molecule has 0 spiro atoms. The van der Waals surface area contributed by atoms with Crippen LogP contribution in [0.3, 0.4) is 0 Å². The predicted octanol–water partition coefficient (Wildman–Crippen LogP) is 3.95. The summed E-state index contributed by atoms with van der Waals surface area (Å²) in [6.45, 7) is 7.73. The van der Waals surface area contributed by atoms with Crippen molar-refractivity contribution in [2.75, 3.05) is 5.73 Å². The molecule has 0 bridgehead atoms. The van der Waals surface area contributed by atoms with Gasteiger partial charge in [0.2, 0.25) is 17.6 Å². The first-order chi connectivity index (χ1) is 20.1. The van der Waals surface area contributed by atoms with Crippen molar-refractivity contribution in [3.8, 4) is 11.4 Å². The van der Waals surface area contributed by atoms with Gasteiger partial charge in [0.05, 0.1) is 28.4 Å².